The van der Waals surface area contributed by atoms with Crippen LogP contribution in [0.1, 0.15) is 30.9 Å². The number of aryl methyl sites for hydroxylation is 1. The molecular formula is C14H13BrCl2N2O. The van der Waals surface area contributed by atoms with Crippen molar-refractivity contribution in [2.75, 3.05) is 0 Å². The number of halogens is 3. The molecule has 0 aliphatic carbocycles. The molecule has 1 aromatic carbocycles. The van der Waals surface area contributed by atoms with Crippen molar-refractivity contribution in [1.82, 2.24) is 9.97 Å². The Morgan fingerprint density at radius 2 is 1.95 bits per heavy atom. The van der Waals surface area contributed by atoms with E-state index in [1.807, 2.05) is 19.1 Å². The van der Waals surface area contributed by atoms with E-state index in [9.17, 15) is 0 Å². The first-order valence-corrected chi connectivity index (χ1v) is 7.59. The van der Waals surface area contributed by atoms with Gasteiger partial charge in [0.2, 0.25) is 11.2 Å². The fraction of sp³-hybridized carbons (Fsp3) is 0.286. The maximum atomic E-state index is 6.24. The Balaban J connectivity index is 2.43. The minimum Gasteiger partial charge on any atom is -0.437 e. The van der Waals surface area contributed by atoms with Crippen molar-refractivity contribution in [3.05, 3.63) is 44.2 Å². The van der Waals surface area contributed by atoms with Crippen molar-refractivity contribution in [1.29, 1.82) is 0 Å². The fourth-order valence-corrected chi connectivity index (χ4v) is 2.56. The van der Waals surface area contributed by atoms with Gasteiger partial charge in [-0.1, -0.05) is 25.4 Å². The Morgan fingerprint density at radius 1 is 1.25 bits per heavy atom. The second kappa shape index (κ2) is 6.29. The van der Waals surface area contributed by atoms with Crippen LogP contribution in [0.25, 0.3) is 0 Å². The first kappa shape index (κ1) is 15.5. The van der Waals surface area contributed by atoms with E-state index in [2.05, 4.69) is 39.7 Å². The van der Waals surface area contributed by atoms with Gasteiger partial charge in [-0.2, -0.15) is 4.98 Å². The van der Waals surface area contributed by atoms with Gasteiger partial charge in [-0.25, -0.2) is 4.98 Å². The molecule has 0 bridgehead atoms. The summed E-state index contributed by atoms with van der Waals surface area (Å²) in [6, 6.07) is 3.83. The maximum Gasteiger partial charge on any atom is 0.237 e. The van der Waals surface area contributed by atoms with Gasteiger partial charge in [0.1, 0.15) is 5.75 Å². The number of aromatic nitrogens is 2. The van der Waals surface area contributed by atoms with Gasteiger partial charge in [0.15, 0.2) is 0 Å². The zero-order valence-electron chi connectivity index (χ0n) is 11.2. The lowest BCUT2D eigenvalue weighted by Crippen LogP contribution is -1.96. The normalized spacial score (nSPS) is 10.9. The molecule has 0 saturated carbocycles. The monoisotopic (exact) mass is 374 g/mol. The van der Waals surface area contributed by atoms with Gasteiger partial charge in [-0.3, -0.25) is 0 Å². The highest BCUT2D eigenvalue weighted by atomic mass is 79.9. The van der Waals surface area contributed by atoms with E-state index >= 15 is 0 Å². The van der Waals surface area contributed by atoms with Crippen LogP contribution >= 0.6 is 39.1 Å². The van der Waals surface area contributed by atoms with E-state index in [4.69, 9.17) is 27.9 Å². The van der Waals surface area contributed by atoms with Crippen LogP contribution < -0.4 is 4.74 Å². The molecule has 3 nitrogen and oxygen atoms in total. The molecule has 6 heteroatoms. The zero-order valence-corrected chi connectivity index (χ0v) is 14.3. The van der Waals surface area contributed by atoms with Gasteiger partial charge in [0.05, 0.1) is 4.47 Å². The molecule has 0 radical (unpaired) electrons. The zero-order chi connectivity index (χ0) is 14.9. The molecule has 2 rings (SSSR count). The summed E-state index contributed by atoms with van der Waals surface area (Å²) in [5.74, 6) is 1.39. The van der Waals surface area contributed by atoms with E-state index in [0.717, 1.165) is 16.1 Å². The molecule has 1 heterocycles. The number of rotatable bonds is 3. The van der Waals surface area contributed by atoms with Gasteiger partial charge in [-0.05, 0) is 63.6 Å². The number of hydrogen-bond donors (Lipinski definition) is 0. The van der Waals surface area contributed by atoms with Crippen molar-refractivity contribution in [2.45, 2.75) is 26.7 Å². The number of hydrogen-bond acceptors (Lipinski definition) is 3. The molecule has 0 aliphatic rings. The maximum absolute atomic E-state index is 6.24. The standard InChI is InChI=1S/C14H13BrCl2N2O/c1-7(2)9-5-12(8(3)4-11(9)16)20-13-10(15)6-18-14(17)19-13/h4-7H,1-3H3. The van der Waals surface area contributed by atoms with Crippen molar-refractivity contribution in [2.24, 2.45) is 0 Å². The summed E-state index contributed by atoms with van der Waals surface area (Å²) in [5, 5.41) is 0.878. The van der Waals surface area contributed by atoms with E-state index in [0.29, 0.717) is 22.0 Å². The highest BCUT2D eigenvalue weighted by molar-refractivity contribution is 9.10. The molecule has 0 fully saturated rings. The first-order valence-electron chi connectivity index (χ1n) is 6.04. The minimum atomic E-state index is 0.138. The molecule has 0 amide bonds. The molecule has 2 aromatic rings. The Labute approximate surface area is 136 Å². The van der Waals surface area contributed by atoms with Crippen LogP contribution in [0, 0.1) is 6.92 Å². The highest BCUT2D eigenvalue weighted by Crippen LogP contribution is 2.35. The fourth-order valence-electron chi connectivity index (χ4n) is 1.73. The van der Waals surface area contributed by atoms with Crippen LogP contribution in [0.4, 0.5) is 0 Å². The van der Waals surface area contributed by atoms with Crippen molar-refractivity contribution < 1.29 is 4.74 Å². The molecule has 20 heavy (non-hydrogen) atoms. The van der Waals surface area contributed by atoms with Crippen LogP contribution in [0.5, 0.6) is 11.6 Å². The summed E-state index contributed by atoms with van der Waals surface area (Å²) in [7, 11) is 0. The van der Waals surface area contributed by atoms with Crippen LogP contribution in [-0.4, -0.2) is 9.97 Å². The van der Waals surface area contributed by atoms with E-state index in [-0.39, 0.29) is 5.28 Å². The molecular weight excluding hydrogens is 363 g/mol. The van der Waals surface area contributed by atoms with Crippen LogP contribution in [0.15, 0.2) is 22.8 Å². The number of nitrogens with zero attached hydrogens (tertiary/aromatic N) is 2. The van der Waals surface area contributed by atoms with Crippen LogP contribution in [0.3, 0.4) is 0 Å². The van der Waals surface area contributed by atoms with Gasteiger partial charge < -0.3 is 4.74 Å². The summed E-state index contributed by atoms with van der Waals surface area (Å²) < 4.78 is 6.47. The van der Waals surface area contributed by atoms with E-state index < -0.39 is 0 Å². The first-order chi connectivity index (χ1) is 9.38. The molecule has 0 unspecified atom stereocenters. The van der Waals surface area contributed by atoms with Gasteiger partial charge in [0.25, 0.3) is 0 Å². The Kier molecular flexibility index (Phi) is 4.89. The van der Waals surface area contributed by atoms with Crippen LogP contribution in [0.2, 0.25) is 10.3 Å². The summed E-state index contributed by atoms with van der Waals surface area (Å²) in [6.45, 7) is 6.09. The Bertz CT molecular complexity index is 647. The molecule has 0 spiro atoms. The van der Waals surface area contributed by atoms with E-state index in [1.54, 1.807) is 6.20 Å². The molecule has 0 atom stereocenters. The summed E-state index contributed by atoms with van der Waals surface area (Å²) in [5.41, 5.74) is 1.96. The Hall–Kier alpha value is -0.840. The number of ether oxygens (including phenoxy) is 1. The third-order valence-corrected chi connectivity index (χ3v) is 3.86. The topological polar surface area (TPSA) is 35.0 Å². The summed E-state index contributed by atoms with van der Waals surface area (Å²) >= 11 is 15.4. The van der Waals surface area contributed by atoms with Crippen molar-refractivity contribution >= 4 is 39.1 Å². The summed E-state index contributed by atoms with van der Waals surface area (Å²) in [6.07, 6.45) is 1.55. The predicted octanol–water partition coefficient (Wildman–Crippen LogP) is 5.77. The van der Waals surface area contributed by atoms with Gasteiger partial charge in [0, 0.05) is 11.2 Å². The second-order valence-electron chi connectivity index (χ2n) is 4.69. The third kappa shape index (κ3) is 3.43. The average molecular weight is 376 g/mol. The SMILES string of the molecule is Cc1cc(Cl)c(C(C)C)cc1Oc1nc(Cl)ncc1Br. The van der Waals surface area contributed by atoms with Gasteiger partial charge in [-0.15, -0.1) is 0 Å². The molecule has 0 N–H and O–H groups in total. The summed E-state index contributed by atoms with van der Waals surface area (Å²) in [4.78, 5) is 7.93. The van der Waals surface area contributed by atoms with Gasteiger partial charge >= 0.3 is 0 Å². The minimum absolute atomic E-state index is 0.138. The van der Waals surface area contributed by atoms with Crippen molar-refractivity contribution in [3.8, 4) is 11.6 Å². The van der Waals surface area contributed by atoms with Crippen LogP contribution in [-0.2, 0) is 0 Å². The highest BCUT2D eigenvalue weighted by Gasteiger charge is 2.13. The van der Waals surface area contributed by atoms with Crippen molar-refractivity contribution in [3.63, 3.8) is 0 Å². The average Bonchev–Trinajstić information content (AvgIpc) is 2.36. The predicted molar refractivity (Wildman–Crippen MR) is 85.1 cm³/mol. The molecule has 0 saturated heterocycles. The third-order valence-electron chi connectivity index (χ3n) is 2.81. The van der Waals surface area contributed by atoms with E-state index in [1.165, 1.54) is 0 Å². The molecule has 106 valence electrons. The quantitative estimate of drug-likeness (QED) is 0.638. The molecule has 1 aromatic heterocycles. The lowest BCUT2D eigenvalue weighted by Gasteiger charge is -2.14. The smallest absolute Gasteiger partial charge is 0.237 e. The molecule has 0 aliphatic heterocycles. The lowest BCUT2D eigenvalue weighted by atomic mass is 10.0. The second-order valence-corrected chi connectivity index (χ2v) is 6.29. The lowest BCUT2D eigenvalue weighted by molar-refractivity contribution is 0.454. The largest absolute Gasteiger partial charge is 0.437 e. The number of benzene rings is 1. The Morgan fingerprint density at radius 3 is 2.60 bits per heavy atom.